The molecule has 30 heavy (non-hydrogen) atoms. The number of para-hydroxylation sites is 1. The van der Waals surface area contributed by atoms with E-state index in [1.165, 1.54) is 21.8 Å². The molecule has 0 unspecified atom stereocenters. The van der Waals surface area contributed by atoms with Crippen LogP contribution in [-0.4, -0.2) is 21.0 Å². The van der Waals surface area contributed by atoms with Gasteiger partial charge in [-0.1, -0.05) is 91.4 Å². The molecule has 0 aliphatic carbocycles. The van der Waals surface area contributed by atoms with Gasteiger partial charge < -0.3 is 0 Å². The first-order chi connectivity index (χ1) is 13.9. The standard InChI is InChI=1S/C27H35N2P/c1-18-13-15-22(19(2)17-18)28-20(3)23-16-14-21-11-10-12-24(25(21)29-23)30(26(4,5)6)27(7,8)9/h10-17H,1-9H3. The zero-order chi connectivity index (χ0) is 22.3. The molecule has 0 saturated heterocycles. The van der Waals surface area contributed by atoms with E-state index in [-0.39, 0.29) is 10.3 Å². The van der Waals surface area contributed by atoms with Crippen LogP contribution >= 0.6 is 7.92 Å². The van der Waals surface area contributed by atoms with E-state index in [1.807, 2.05) is 0 Å². The van der Waals surface area contributed by atoms with E-state index in [9.17, 15) is 0 Å². The molecule has 158 valence electrons. The van der Waals surface area contributed by atoms with E-state index >= 15 is 0 Å². The average Bonchev–Trinajstić information content (AvgIpc) is 2.61. The van der Waals surface area contributed by atoms with Gasteiger partial charge in [-0.25, -0.2) is 4.98 Å². The summed E-state index contributed by atoms with van der Waals surface area (Å²) in [5.41, 5.74) is 6.50. The molecule has 0 bridgehead atoms. The molecular formula is C27H35N2P. The Labute approximate surface area is 183 Å². The molecule has 2 nitrogen and oxygen atoms in total. The van der Waals surface area contributed by atoms with Gasteiger partial charge in [-0.15, -0.1) is 0 Å². The summed E-state index contributed by atoms with van der Waals surface area (Å²) < 4.78 is 0. The van der Waals surface area contributed by atoms with Gasteiger partial charge in [-0.2, -0.15) is 0 Å². The number of pyridine rings is 1. The lowest BCUT2D eigenvalue weighted by Gasteiger charge is -2.42. The van der Waals surface area contributed by atoms with Crippen molar-refractivity contribution < 1.29 is 0 Å². The van der Waals surface area contributed by atoms with E-state index < -0.39 is 7.92 Å². The van der Waals surface area contributed by atoms with Gasteiger partial charge in [0.1, 0.15) is 0 Å². The Morgan fingerprint density at radius 3 is 2.13 bits per heavy atom. The van der Waals surface area contributed by atoms with E-state index in [0.29, 0.717) is 0 Å². The van der Waals surface area contributed by atoms with E-state index in [2.05, 4.69) is 111 Å². The number of aryl methyl sites for hydroxylation is 2. The predicted octanol–water partition coefficient (Wildman–Crippen LogP) is 7.70. The Morgan fingerprint density at radius 2 is 1.53 bits per heavy atom. The molecule has 0 N–H and O–H groups in total. The summed E-state index contributed by atoms with van der Waals surface area (Å²) in [5.74, 6) is 0. The largest absolute Gasteiger partial charge is 0.251 e. The maximum absolute atomic E-state index is 5.15. The van der Waals surface area contributed by atoms with Crippen molar-refractivity contribution in [3.63, 3.8) is 0 Å². The molecule has 1 aromatic heterocycles. The number of aliphatic imine (C=N–C) groups is 1. The molecule has 3 heteroatoms. The van der Waals surface area contributed by atoms with Crippen LogP contribution in [0.4, 0.5) is 5.69 Å². The normalized spacial score (nSPS) is 13.3. The first-order valence-electron chi connectivity index (χ1n) is 10.7. The van der Waals surface area contributed by atoms with Gasteiger partial charge in [0, 0.05) is 10.7 Å². The van der Waals surface area contributed by atoms with Crippen LogP contribution in [0.2, 0.25) is 0 Å². The van der Waals surface area contributed by atoms with Gasteiger partial charge in [-0.3, -0.25) is 4.99 Å². The summed E-state index contributed by atoms with van der Waals surface area (Å²) in [6.45, 7) is 20.5. The van der Waals surface area contributed by atoms with Crippen LogP contribution in [-0.2, 0) is 0 Å². The summed E-state index contributed by atoms with van der Waals surface area (Å²) in [7, 11) is -0.429. The van der Waals surface area contributed by atoms with Crippen molar-refractivity contribution in [3.05, 3.63) is 65.4 Å². The minimum absolute atomic E-state index is 0.196. The first kappa shape index (κ1) is 22.6. The van der Waals surface area contributed by atoms with Gasteiger partial charge in [-0.05, 0) is 48.8 Å². The number of hydrogen-bond donors (Lipinski definition) is 0. The minimum Gasteiger partial charge on any atom is -0.251 e. The van der Waals surface area contributed by atoms with Crippen LogP contribution in [0, 0.1) is 13.8 Å². The van der Waals surface area contributed by atoms with E-state index in [0.717, 1.165) is 22.6 Å². The third-order valence-electron chi connectivity index (χ3n) is 5.29. The van der Waals surface area contributed by atoms with Crippen LogP contribution in [0.1, 0.15) is 65.3 Å². The zero-order valence-electron chi connectivity index (χ0n) is 20.0. The second kappa shape index (κ2) is 8.23. The van der Waals surface area contributed by atoms with Gasteiger partial charge in [0.2, 0.25) is 0 Å². The fourth-order valence-corrected chi connectivity index (χ4v) is 8.50. The third-order valence-corrected chi connectivity index (χ3v) is 8.82. The van der Waals surface area contributed by atoms with Crippen LogP contribution in [0.3, 0.4) is 0 Å². The van der Waals surface area contributed by atoms with Crippen molar-refractivity contribution in [2.24, 2.45) is 4.99 Å². The van der Waals surface area contributed by atoms with Gasteiger partial charge >= 0.3 is 0 Å². The smallest absolute Gasteiger partial charge is 0.0849 e. The Kier molecular flexibility index (Phi) is 6.21. The van der Waals surface area contributed by atoms with E-state index in [1.54, 1.807) is 0 Å². The van der Waals surface area contributed by atoms with E-state index in [4.69, 9.17) is 9.98 Å². The molecular weight excluding hydrogens is 383 g/mol. The Hall–Kier alpha value is -2.05. The molecule has 0 aliphatic rings. The highest BCUT2D eigenvalue weighted by molar-refractivity contribution is 7.69. The molecule has 2 aromatic carbocycles. The van der Waals surface area contributed by atoms with Crippen molar-refractivity contribution in [3.8, 4) is 0 Å². The second-order valence-electron chi connectivity index (χ2n) is 10.2. The molecule has 0 saturated carbocycles. The topological polar surface area (TPSA) is 25.2 Å². The number of fused-ring (bicyclic) bond motifs is 1. The third kappa shape index (κ3) is 4.81. The monoisotopic (exact) mass is 418 g/mol. The SMILES string of the molecule is CC(=Nc1ccc(C)cc1C)c1ccc2cccc(P(C(C)(C)C)C(C)(C)C)c2n1. The summed E-state index contributed by atoms with van der Waals surface area (Å²) in [6.07, 6.45) is 0. The molecule has 0 spiro atoms. The molecule has 0 amide bonds. The fraction of sp³-hybridized carbons (Fsp3) is 0.407. The highest BCUT2D eigenvalue weighted by atomic mass is 31.1. The van der Waals surface area contributed by atoms with Gasteiger partial charge in [0.15, 0.2) is 0 Å². The quantitative estimate of drug-likeness (QED) is 0.316. The van der Waals surface area contributed by atoms with Crippen molar-refractivity contribution >= 4 is 35.5 Å². The molecule has 0 atom stereocenters. The molecule has 0 radical (unpaired) electrons. The maximum Gasteiger partial charge on any atom is 0.0849 e. The lowest BCUT2D eigenvalue weighted by molar-refractivity contribution is 0.715. The molecule has 3 aromatic rings. The molecule has 3 rings (SSSR count). The number of rotatable bonds is 3. The van der Waals surface area contributed by atoms with Crippen molar-refractivity contribution in [1.82, 2.24) is 4.98 Å². The Balaban J connectivity index is 2.16. The summed E-state index contributed by atoms with van der Waals surface area (Å²) in [6, 6.07) is 17.3. The summed E-state index contributed by atoms with van der Waals surface area (Å²) >= 11 is 0. The highest BCUT2D eigenvalue weighted by Gasteiger charge is 2.36. The lowest BCUT2D eigenvalue weighted by Crippen LogP contribution is -2.31. The number of nitrogens with zero attached hydrogens (tertiary/aromatic N) is 2. The highest BCUT2D eigenvalue weighted by Crippen LogP contribution is 2.58. The van der Waals surface area contributed by atoms with Crippen LogP contribution < -0.4 is 5.30 Å². The number of hydrogen-bond acceptors (Lipinski definition) is 2. The molecule has 1 heterocycles. The van der Waals surface area contributed by atoms with Crippen molar-refractivity contribution in [2.75, 3.05) is 0 Å². The zero-order valence-corrected chi connectivity index (χ0v) is 20.9. The second-order valence-corrected chi connectivity index (χ2v) is 14.0. The lowest BCUT2D eigenvalue weighted by atomic mass is 10.1. The predicted molar refractivity (Wildman–Crippen MR) is 136 cm³/mol. The summed E-state index contributed by atoms with van der Waals surface area (Å²) in [5, 5.41) is 2.99. The maximum atomic E-state index is 5.15. The Bertz CT molecular complexity index is 1080. The van der Waals surface area contributed by atoms with Crippen LogP contribution in [0.5, 0.6) is 0 Å². The Morgan fingerprint density at radius 1 is 0.867 bits per heavy atom. The van der Waals surface area contributed by atoms with Crippen molar-refractivity contribution in [2.45, 2.75) is 72.6 Å². The number of aromatic nitrogens is 1. The molecule has 0 aliphatic heterocycles. The first-order valence-corrected chi connectivity index (χ1v) is 12.0. The molecule has 0 fully saturated rings. The number of benzene rings is 2. The average molecular weight is 419 g/mol. The van der Waals surface area contributed by atoms with Crippen LogP contribution in [0.15, 0.2) is 53.5 Å². The van der Waals surface area contributed by atoms with Crippen LogP contribution in [0.25, 0.3) is 10.9 Å². The minimum atomic E-state index is -0.429. The van der Waals surface area contributed by atoms with Gasteiger partial charge in [0.25, 0.3) is 0 Å². The fourth-order valence-electron chi connectivity index (χ4n) is 4.41. The van der Waals surface area contributed by atoms with Crippen molar-refractivity contribution in [1.29, 1.82) is 0 Å². The van der Waals surface area contributed by atoms with Gasteiger partial charge in [0.05, 0.1) is 22.6 Å². The summed E-state index contributed by atoms with van der Waals surface area (Å²) in [4.78, 5) is 10.1.